The van der Waals surface area contributed by atoms with E-state index in [1.165, 1.54) is 19.2 Å². The Hall–Kier alpha value is -1.60. The van der Waals surface area contributed by atoms with E-state index < -0.39 is 0 Å². The van der Waals surface area contributed by atoms with Gasteiger partial charge in [-0.3, -0.25) is 4.79 Å². The summed E-state index contributed by atoms with van der Waals surface area (Å²) in [6.07, 6.45) is 1.38. The van der Waals surface area contributed by atoms with Gasteiger partial charge in [-0.05, 0) is 6.07 Å². The monoisotopic (exact) mass is 195 g/mol. The van der Waals surface area contributed by atoms with Gasteiger partial charge in [0.1, 0.15) is 6.07 Å². The first kappa shape index (κ1) is 9.49. The number of carbonyl (C=O) groups is 1. The second kappa shape index (κ2) is 3.87. The molecule has 0 aliphatic heterocycles. The standard InChI is InChI=1S/C8H6ClN3O/c1-5(13)12-6-2-7(9)8(3-10)11-4-6/h2,4H,1H3,(H,12,13). The smallest absolute Gasteiger partial charge is 0.221 e. The minimum absolute atomic E-state index is 0.149. The van der Waals surface area contributed by atoms with Crippen LogP contribution in [-0.2, 0) is 4.79 Å². The van der Waals surface area contributed by atoms with Gasteiger partial charge < -0.3 is 5.32 Å². The summed E-state index contributed by atoms with van der Waals surface area (Å²) in [5.74, 6) is -0.206. The Bertz CT molecular complexity index is 383. The number of nitrogens with one attached hydrogen (secondary N) is 1. The number of rotatable bonds is 1. The average Bonchev–Trinajstić information content (AvgIpc) is 2.03. The average molecular weight is 196 g/mol. The lowest BCUT2D eigenvalue weighted by Crippen LogP contribution is -2.06. The highest BCUT2D eigenvalue weighted by Crippen LogP contribution is 2.17. The number of aromatic nitrogens is 1. The van der Waals surface area contributed by atoms with E-state index in [1.54, 1.807) is 0 Å². The van der Waals surface area contributed by atoms with E-state index in [9.17, 15) is 4.79 Å². The molecule has 66 valence electrons. The van der Waals surface area contributed by atoms with E-state index in [2.05, 4.69) is 10.3 Å². The van der Waals surface area contributed by atoms with Crippen LogP contribution in [-0.4, -0.2) is 10.9 Å². The molecule has 1 heterocycles. The van der Waals surface area contributed by atoms with Crippen molar-refractivity contribution in [1.29, 1.82) is 5.26 Å². The molecule has 0 bridgehead atoms. The third kappa shape index (κ3) is 2.42. The zero-order valence-electron chi connectivity index (χ0n) is 6.84. The van der Waals surface area contributed by atoms with E-state index in [0.29, 0.717) is 5.69 Å². The molecule has 0 aromatic carbocycles. The molecule has 0 fully saturated rings. The molecular weight excluding hydrogens is 190 g/mol. The van der Waals surface area contributed by atoms with Crippen LogP contribution in [0.2, 0.25) is 5.02 Å². The number of nitriles is 1. The topological polar surface area (TPSA) is 65.8 Å². The van der Waals surface area contributed by atoms with E-state index >= 15 is 0 Å². The lowest BCUT2D eigenvalue weighted by atomic mass is 10.3. The highest BCUT2D eigenvalue weighted by Gasteiger charge is 2.02. The summed E-state index contributed by atoms with van der Waals surface area (Å²) < 4.78 is 0. The molecule has 0 unspecified atom stereocenters. The molecule has 4 nitrogen and oxygen atoms in total. The van der Waals surface area contributed by atoms with Crippen molar-refractivity contribution >= 4 is 23.2 Å². The highest BCUT2D eigenvalue weighted by molar-refractivity contribution is 6.31. The number of halogens is 1. The lowest BCUT2D eigenvalue weighted by Gasteiger charge is -2.01. The maximum absolute atomic E-state index is 10.6. The quantitative estimate of drug-likeness (QED) is 0.740. The number of carbonyl (C=O) groups excluding carboxylic acids is 1. The van der Waals surface area contributed by atoms with Crippen molar-refractivity contribution in [2.24, 2.45) is 0 Å². The van der Waals surface area contributed by atoms with Gasteiger partial charge in [-0.2, -0.15) is 5.26 Å². The second-order valence-corrected chi connectivity index (χ2v) is 2.75. The van der Waals surface area contributed by atoms with Crippen LogP contribution in [0.25, 0.3) is 0 Å². The molecule has 0 atom stereocenters. The molecule has 0 aliphatic rings. The Kier molecular flexibility index (Phi) is 2.83. The summed E-state index contributed by atoms with van der Waals surface area (Å²) in [6.45, 7) is 1.38. The van der Waals surface area contributed by atoms with Gasteiger partial charge in [0.15, 0.2) is 5.69 Å². The van der Waals surface area contributed by atoms with E-state index in [1.807, 2.05) is 6.07 Å². The fourth-order valence-electron chi connectivity index (χ4n) is 0.792. The van der Waals surface area contributed by atoms with Gasteiger partial charge in [-0.25, -0.2) is 4.98 Å². The number of anilines is 1. The van der Waals surface area contributed by atoms with Crippen LogP contribution in [0.3, 0.4) is 0 Å². The van der Waals surface area contributed by atoms with Crippen molar-refractivity contribution in [1.82, 2.24) is 4.98 Å². The van der Waals surface area contributed by atoms with Crippen LogP contribution in [0, 0.1) is 11.3 Å². The van der Waals surface area contributed by atoms with E-state index in [0.717, 1.165) is 0 Å². The van der Waals surface area contributed by atoms with Gasteiger partial charge in [0.05, 0.1) is 16.9 Å². The van der Waals surface area contributed by atoms with E-state index in [-0.39, 0.29) is 16.6 Å². The fourth-order valence-corrected chi connectivity index (χ4v) is 1.00. The molecule has 0 saturated carbocycles. The molecule has 0 radical (unpaired) electrons. The first-order chi connectivity index (χ1) is 6.13. The maximum atomic E-state index is 10.6. The largest absolute Gasteiger partial charge is 0.325 e. The van der Waals surface area contributed by atoms with Crippen molar-refractivity contribution in [2.75, 3.05) is 5.32 Å². The molecule has 0 spiro atoms. The van der Waals surface area contributed by atoms with Gasteiger partial charge in [-0.15, -0.1) is 0 Å². The van der Waals surface area contributed by atoms with Crippen molar-refractivity contribution in [3.05, 3.63) is 23.0 Å². The Morgan fingerprint density at radius 2 is 2.46 bits per heavy atom. The third-order valence-electron chi connectivity index (χ3n) is 1.27. The molecule has 5 heteroatoms. The maximum Gasteiger partial charge on any atom is 0.221 e. The molecule has 1 rings (SSSR count). The van der Waals surface area contributed by atoms with Crippen LogP contribution in [0.1, 0.15) is 12.6 Å². The SMILES string of the molecule is CC(=O)Nc1cnc(C#N)c(Cl)c1. The molecule has 1 amide bonds. The van der Waals surface area contributed by atoms with Gasteiger partial charge in [0.2, 0.25) is 5.91 Å². The van der Waals surface area contributed by atoms with Crippen LogP contribution >= 0.6 is 11.6 Å². The minimum Gasteiger partial charge on any atom is -0.325 e. The summed E-state index contributed by atoms with van der Waals surface area (Å²) in [4.78, 5) is 14.4. The Balaban J connectivity index is 2.97. The first-order valence-electron chi connectivity index (χ1n) is 3.46. The molecule has 13 heavy (non-hydrogen) atoms. The van der Waals surface area contributed by atoms with Crippen molar-refractivity contribution < 1.29 is 4.79 Å². The predicted octanol–water partition coefficient (Wildman–Crippen LogP) is 1.57. The third-order valence-corrected chi connectivity index (χ3v) is 1.56. The predicted molar refractivity (Wildman–Crippen MR) is 48.3 cm³/mol. The number of nitrogens with zero attached hydrogens (tertiary/aromatic N) is 2. The zero-order valence-corrected chi connectivity index (χ0v) is 7.59. The van der Waals surface area contributed by atoms with Crippen LogP contribution < -0.4 is 5.32 Å². The van der Waals surface area contributed by atoms with E-state index in [4.69, 9.17) is 16.9 Å². The number of hydrogen-bond acceptors (Lipinski definition) is 3. The molecule has 0 saturated heterocycles. The normalized spacial score (nSPS) is 9.00. The Morgan fingerprint density at radius 3 is 2.92 bits per heavy atom. The molecule has 1 N–H and O–H groups in total. The molecular formula is C8H6ClN3O. The Labute approximate surface area is 80.2 Å². The highest BCUT2D eigenvalue weighted by atomic mass is 35.5. The Morgan fingerprint density at radius 1 is 1.77 bits per heavy atom. The summed E-state index contributed by atoms with van der Waals surface area (Å²) in [5.41, 5.74) is 0.632. The first-order valence-corrected chi connectivity index (χ1v) is 3.84. The molecule has 0 aliphatic carbocycles. The van der Waals surface area contributed by atoms with Crippen LogP contribution in [0.15, 0.2) is 12.3 Å². The summed E-state index contributed by atoms with van der Waals surface area (Å²) >= 11 is 5.68. The molecule has 1 aromatic rings. The van der Waals surface area contributed by atoms with Crippen molar-refractivity contribution in [3.8, 4) is 6.07 Å². The summed E-state index contributed by atoms with van der Waals surface area (Å²) in [6, 6.07) is 3.30. The van der Waals surface area contributed by atoms with Gasteiger partial charge in [0, 0.05) is 6.92 Å². The van der Waals surface area contributed by atoms with Gasteiger partial charge in [-0.1, -0.05) is 11.6 Å². The summed E-state index contributed by atoms with van der Waals surface area (Å²) in [7, 11) is 0. The zero-order chi connectivity index (χ0) is 9.84. The minimum atomic E-state index is -0.206. The van der Waals surface area contributed by atoms with Gasteiger partial charge in [0.25, 0.3) is 0 Å². The van der Waals surface area contributed by atoms with Crippen LogP contribution in [0.5, 0.6) is 0 Å². The van der Waals surface area contributed by atoms with Crippen LogP contribution in [0.4, 0.5) is 5.69 Å². The van der Waals surface area contributed by atoms with Gasteiger partial charge >= 0.3 is 0 Å². The van der Waals surface area contributed by atoms with Crippen molar-refractivity contribution in [3.63, 3.8) is 0 Å². The number of amides is 1. The fraction of sp³-hybridized carbons (Fsp3) is 0.125. The molecule has 1 aromatic heterocycles. The number of hydrogen-bond donors (Lipinski definition) is 1. The number of pyridine rings is 1. The summed E-state index contributed by atoms with van der Waals surface area (Å²) in [5, 5.41) is 11.2. The second-order valence-electron chi connectivity index (χ2n) is 2.35. The van der Waals surface area contributed by atoms with Crippen molar-refractivity contribution in [2.45, 2.75) is 6.92 Å². The lowest BCUT2D eigenvalue weighted by molar-refractivity contribution is -0.114.